The van der Waals surface area contributed by atoms with E-state index in [-0.39, 0.29) is 24.5 Å². The molecule has 1 aromatic heterocycles. The van der Waals surface area contributed by atoms with Gasteiger partial charge in [-0.05, 0) is 19.1 Å². The molecule has 2 atom stereocenters. The van der Waals surface area contributed by atoms with Crippen LogP contribution in [0, 0.1) is 0 Å². The first-order valence-corrected chi connectivity index (χ1v) is 5.23. The Labute approximate surface area is 94.9 Å². The maximum absolute atomic E-state index is 11.6. The van der Waals surface area contributed by atoms with Gasteiger partial charge in [0.25, 0.3) is 0 Å². The molecule has 3 N–H and O–H groups in total. The van der Waals surface area contributed by atoms with Crippen LogP contribution in [-0.4, -0.2) is 25.7 Å². The van der Waals surface area contributed by atoms with E-state index in [0.717, 1.165) is 5.76 Å². The van der Waals surface area contributed by atoms with Crippen molar-refractivity contribution in [3.05, 3.63) is 24.2 Å². The third kappa shape index (κ3) is 3.67. The van der Waals surface area contributed by atoms with Crippen molar-refractivity contribution in [2.24, 2.45) is 5.73 Å². The van der Waals surface area contributed by atoms with Crippen molar-refractivity contribution in [2.45, 2.75) is 25.5 Å². The van der Waals surface area contributed by atoms with Gasteiger partial charge in [0.05, 0.1) is 24.8 Å². The lowest BCUT2D eigenvalue weighted by Gasteiger charge is -2.15. The Kier molecular flexibility index (Phi) is 5.01. The predicted octanol–water partition coefficient (Wildman–Crippen LogP) is 0.821. The molecule has 0 saturated heterocycles. The Morgan fingerprint density at radius 1 is 1.69 bits per heavy atom. The van der Waals surface area contributed by atoms with Gasteiger partial charge in [-0.1, -0.05) is 0 Å². The monoisotopic (exact) mass is 226 g/mol. The Morgan fingerprint density at radius 2 is 2.44 bits per heavy atom. The lowest BCUT2D eigenvalue weighted by atomic mass is 10.2. The predicted molar refractivity (Wildman–Crippen MR) is 59.7 cm³/mol. The smallest absolute Gasteiger partial charge is 0.223 e. The van der Waals surface area contributed by atoms with E-state index >= 15 is 0 Å². The van der Waals surface area contributed by atoms with Gasteiger partial charge in [0, 0.05) is 13.7 Å². The summed E-state index contributed by atoms with van der Waals surface area (Å²) in [4.78, 5) is 11.6. The Hall–Kier alpha value is -1.33. The molecule has 90 valence electrons. The summed E-state index contributed by atoms with van der Waals surface area (Å²) in [5.74, 6) is 0.635. The number of amides is 1. The number of furan rings is 1. The largest absolute Gasteiger partial charge is 0.467 e. The second-order valence-corrected chi connectivity index (χ2v) is 3.60. The maximum atomic E-state index is 11.6. The summed E-state index contributed by atoms with van der Waals surface area (Å²) >= 11 is 0. The zero-order valence-corrected chi connectivity index (χ0v) is 9.60. The summed E-state index contributed by atoms with van der Waals surface area (Å²) in [7, 11) is 1.54. The number of methoxy groups -OCH3 is 1. The van der Waals surface area contributed by atoms with E-state index in [4.69, 9.17) is 14.9 Å². The average Bonchev–Trinajstić information content (AvgIpc) is 2.79. The van der Waals surface area contributed by atoms with E-state index in [9.17, 15) is 4.79 Å². The van der Waals surface area contributed by atoms with Crippen molar-refractivity contribution in [1.82, 2.24) is 5.32 Å². The molecule has 0 fully saturated rings. The van der Waals surface area contributed by atoms with E-state index in [0.29, 0.717) is 6.54 Å². The molecule has 1 heterocycles. The van der Waals surface area contributed by atoms with Gasteiger partial charge in [-0.15, -0.1) is 0 Å². The molecule has 0 radical (unpaired) electrons. The maximum Gasteiger partial charge on any atom is 0.223 e. The van der Waals surface area contributed by atoms with Crippen LogP contribution in [0.4, 0.5) is 0 Å². The highest BCUT2D eigenvalue weighted by atomic mass is 16.5. The normalized spacial score (nSPS) is 14.4. The van der Waals surface area contributed by atoms with Gasteiger partial charge in [-0.25, -0.2) is 0 Å². The minimum Gasteiger partial charge on any atom is -0.467 e. The number of ether oxygens (including phenoxy) is 1. The first kappa shape index (κ1) is 12.7. The van der Waals surface area contributed by atoms with Gasteiger partial charge in [-0.2, -0.15) is 0 Å². The highest BCUT2D eigenvalue weighted by Crippen LogP contribution is 2.12. The van der Waals surface area contributed by atoms with Crippen LogP contribution in [0.2, 0.25) is 0 Å². The van der Waals surface area contributed by atoms with Gasteiger partial charge in [-0.3, -0.25) is 4.79 Å². The summed E-state index contributed by atoms with van der Waals surface area (Å²) in [6.45, 7) is 2.19. The third-order valence-corrected chi connectivity index (χ3v) is 2.36. The SMILES string of the molecule is COC(CN)CC(=O)N[C@H](C)c1ccco1. The summed E-state index contributed by atoms with van der Waals surface area (Å²) in [6.07, 6.45) is 1.61. The summed E-state index contributed by atoms with van der Waals surface area (Å²) in [5.41, 5.74) is 5.43. The first-order chi connectivity index (χ1) is 7.67. The van der Waals surface area contributed by atoms with E-state index < -0.39 is 0 Å². The van der Waals surface area contributed by atoms with Crippen molar-refractivity contribution < 1.29 is 13.9 Å². The number of carbonyl (C=O) groups excluding carboxylic acids is 1. The number of nitrogens with two attached hydrogens (primary N) is 1. The Morgan fingerprint density at radius 3 is 2.94 bits per heavy atom. The topological polar surface area (TPSA) is 77.5 Å². The van der Waals surface area contributed by atoms with Gasteiger partial charge in [0.1, 0.15) is 5.76 Å². The standard InChI is InChI=1S/C11H18N2O3/c1-8(10-4-3-5-16-10)13-11(14)6-9(7-12)15-2/h3-5,8-9H,6-7,12H2,1-2H3,(H,13,14)/t8-,9?/m1/s1. The zero-order valence-electron chi connectivity index (χ0n) is 9.60. The second kappa shape index (κ2) is 6.30. The van der Waals surface area contributed by atoms with Gasteiger partial charge in [0.15, 0.2) is 0 Å². The molecule has 0 aliphatic rings. The fourth-order valence-corrected chi connectivity index (χ4v) is 1.38. The number of rotatable bonds is 6. The molecule has 0 saturated carbocycles. The van der Waals surface area contributed by atoms with Gasteiger partial charge >= 0.3 is 0 Å². The minimum atomic E-state index is -0.233. The first-order valence-electron chi connectivity index (χ1n) is 5.23. The van der Waals surface area contributed by atoms with Crippen molar-refractivity contribution in [3.8, 4) is 0 Å². The minimum absolute atomic E-state index is 0.0961. The van der Waals surface area contributed by atoms with E-state index in [1.165, 1.54) is 0 Å². The quantitative estimate of drug-likeness (QED) is 0.752. The van der Waals surface area contributed by atoms with Crippen LogP contribution in [0.1, 0.15) is 25.1 Å². The van der Waals surface area contributed by atoms with Crippen LogP contribution in [0.3, 0.4) is 0 Å². The summed E-state index contributed by atoms with van der Waals surface area (Å²) in [6, 6.07) is 3.47. The number of carbonyl (C=O) groups is 1. The van der Waals surface area contributed by atoms with Crippen LogP contribution in [0.15, 0.2) is 22.8 Å². The number of hydrogen-bond acceptors (Lipinski definition) is 4. The molecule has 0 spiro atoms. The van der Waals surface area contributed by atoms with Crippen LogP contribution in [0.25, 0.3) is 0 Å². The summed E-state index contributed by atoms with van der Waals surface area (Å²) in [5, 5.41) is 2.81. The fourth-order valence-electron chi connectivity index (χ4n) is 1.38. The molecule has 1 aromatic rings. The van der Waals surface area contributed by atoms with Crippen molar-refractivity contribution in [1.29, 1.82) is 0 Å². The Balaban J connectivity index is 2.39. The molecule has 0 aliphatic heterocycles. The van der Waals surface area contributed by atoms with Gasteiger partial charge < -0.3 is 20.2 Å². The highest BCUT2D eigenvalue weighted by Gasteiger charge is 2.15. The van der Waals surface area contributed by atoms with E-state index in [1.807, 2.05) is 13.0 Å². The third-order valence-electron chi connectivity index (χ3n) is 2.36. The molecule has 0 aliphatic carbocycles. The highest BCUT2D eigenvalue weighted by molar-refractivity contribution is 5.76. The molecule has 5 heteroatoms. The molecule has 5 nitrogen and oxygen atoms in total. The Bertz CT molecular complexity index is 307. The zero-order chi connectivity index (χ0) is 12.0. The van der Waals surface area contributed by atoms with Crippen LogP contribution < -0.4 is 11.1 Å². The molecule has 0 aromatic carbocycles. The molecule has 0 bridgehead atoms. The molecule has 16 heavy (non-hydrogen) atoms. The van der Waals surface area contributed by atoms with Crippen LogP contribution in [0.5, 0.6) is 0 Å². The molecule has 1 unspecified atom stereocenters. The van der Waals surface area contributed by atoms with Gasteiger partial charge in [0.2, 0.25) is 5.91 Å². The lowest BCUT2D eigenvalue weighted by Crippen LogP contribution is -2.33. The van der Waals surface area contributed by atoms with E-state index in [1.54, 1.807) is 19.4 Å². The molecular weight excluding hydrogens is 208 g/mol. The summed E-state index contributed by atoms with van der Waals surface area (Å²) < 4.78 is 10.2. The second-order valence-electron chi connectivity index (χ2n) is 3.60. The number of hydrogen-bond donors (Lipinski definition) is 2. The van der Waals surface area contributed by atoms with E-state index in [2.05, 4.69) is 5.32 Å². The average molecular weight is 226 g/mol. The van der Waals surface area contributed by atoms with Crippen molar-refractivity contribution >= 4 is 5.91 Å². The number of nitrogens with one attached hydrogen (secondary N) is 1. The van der Waals surface area contributed by atoms with Crippen LogP contribution in [-0.2, 0) is 9.53 Å². The molecule has 1 rings (SSSR count). The molecular formula is C11H18N2O3. The van der Waals surface area contributed by atoms with Crippen molar-refractivity contribution in [3.63, 3.8) is 0 Å². The van der Waals surface area contributed by atoms with Crippen molar-refractivity contribution in [2.75, 3.05) is 13.7 Å². The fraction of sp³-hybridized carbons (Fsp3) is 0.545. The van der Waals surface area contributed by atoms with Crippen LogP contribution >= 0.6 is 0 Å². The molecule has 1 amide bonds. The lowest BCUT2D eigenvalue weighted by molar-refractivity contribution is -0.124.